The molecule has 0 fully saturated rings. The largest absolute Gasteiger partial charge is 0.445 e. The van der Waals surface area contributed by atoms with Gasteiger partial charge in [-0.25, -0.2) is 4.79 Å². The molecule has 1 amide bonds. The van der Waals surface area contributed by atoms with Gasteiger partial charge in [-0.3, -0.25) is 0 Å². The van der Waals surface area contributed by atoms with Crippen molar-refractivity contribution in [1.82, 2.24) is 5.32 Å². The van der Waals surface area contributed by atoms with Crippen molar-refractivity contribution in [3.05, 3.63) is 69.7 Å². The van der Waals surface area contributed by atoms with Gasteiger partial charge in [-0.05, 0) is 17.2 Å². The van der Waals surface area contributed by atoms with Gasteiger partial charge in [-0.15, -0.1) is 0 Å². The van der Waals surface area contributed by atoms with Crippen LogP contribution in [0, 0.1) is 0 Å². The molecule has 3 N–H and O–H groups in total. The van der Waals surface area contributed by atoms with E-state index >= 15 is 0 Å². The van der Waals surface area contributed by atoms with Gasteiger partial charge in [0.25, 0.3) is 0 Å². The van der Waals surface area contributed by atoms with Crippen LogP contribution >= 0.6 is 23.2 Å². The fourth-order valence-corrected chi connectivity index (χ4v) is 2.22. The third-order valence-electron chi connectivity index (χ3n) is 3.02. The maximum atomic E-state index is 11.6. The van der Waals surface area contributed by atoms with Gasteiger partial charge >= 0.3 is 6.09 Å². The van der Waals surface area contributed by atoms with E-state index in [0.717, 1.165) is 11.1 Å². The highest BCUT2D eigenvalue weighted by Gasteiger charge is 2.05. The monoisotopic (exact) mass is 350 g/mol. The van der Waals surface area contributed by atoms with Gasteiger partial charge in [-0.1, -0.05) is 71.8 Å². The van der Waals surface area contributed by atoms with Gasteiger partial charge in [-0.2, -0.15) is 0 Å². The molecule has 0 unspecified atom stereocenters. The van der Waals surface area contributed by atoms with E-state index < -0.39 is 6.09 Å². The summed E-state index contributed by atoms with van der Waals surface area (Å²) in [6, 6.07) is 12.9. The lowest BCUT2D eigenvalue weighted by molar-refractivity contribution is 0.141. The Hall–Kier alpha value is -2.17. The third kappa shape index (κ3) is 5.20. The summed E-state index contributed by atoms with van der Waals surface area (Å²) in [5.74, 6) is 0. The Balaban J connectivity index is 1.78. The zero-order valence-corrected chi connectivity index (χ0v) is 13.8. The van der Waals surface area contributed by atoms with Crippen LogP contribution in [-0.2, 0) is 11.3 Å². The summed E-state index contributed by atoms with van der Waals surface area (Å²) in [5, 5.41) is 3.33. The van der Waals surface area contributed by atoms with Crippen LogP contribution in [0.5, 0.6) is 0 Å². The molecule has 0 spiro atoms. The number of benzene rings is 2. The summed E-state index contributed by atoms with van der Waals surface area (Å²) in [4.78, 5) is 11.6. The number of nitrogen functional groups attached to an aromatic ring is 1. The zero-order chi connectivity index (χ0) is 16.7. The second kappa shape index (κ2) is 8.46. The fraction of sp³-hybridized carbons (Fsp3) is 0.118. The molecular weight excluding hydrogens is 335 g/mol. The average Bonchev–Trinajstić information content (AvgIpc) is 2.57. The average molecular weight is 351 g/mol. The quantitative estimate of drug-likeness (QED) is 0.779. The van der Waals surface area contributed by atoms with E-state index in [4.69, 9.17) is 33.7 Å². The predicted molar refractivity (Wildman–Crippen MR) is 94.5 cm³/mol. The number of hydrogen-bond acceptors (Lipinski definition) is 3. The van der Waals surface area contributed by atoms with Crippen LogP contribution < -0.4 is 11.1 Å². The molecule has 0 heterocycles. The van der Waals surface area contributed by atoms with E-state index in [2.05, 4.69) is 5.32 Å². The Morgan fingerprint density at radius 3 is 2.61 bits per heavy atom. The maximum Gasteiger partial charge on any atom is 0.407 e. The molecule has 4 nitrogen and oxygen atoms in total. The van der Waals surface area contributed by atoms with E-state index in [1.807, 2.05) is 30.3 Å². The van der Waals surface area contributed by atoms with Gasteiger partial charge < -0.3 is 15.8 Å². The summed E-state index contributed by atoms with van der Waals surface area (Å²) in [6.45, 7) is 0.543. The molecule has 120 valence electrons. The lowest BCUT2D eigenvalue weighted by Gasteiger charge is -2.06. The van der Waals surface area contributed by atoms with E-state index in [9.17, 15) is 4.79 Å². The molecular formula is C17H16Cl2N2O2. The molecule has 0 aromatic heterocycles. The van der Waals surface area contributed by atoms with Crippen molar-refractivity contribution >= 4 is 41.1 Å². The van der Waals surface area contributed by atoms with E-state index in [-0.39, 0.29) is 6.61 Å². The van der Waals surface area contributed by atoms with Crippen LogP contribution in [0.2, 0.25) is 10.0 Å². The molecule has 0 aliphatic carbocycles. The number of hydrogen-bond donors (Lipinski definition) is 2. The highest BCUT2D eigenvalue weighted by molar-refractivity contribution is 6.44. The predicted octanol–water partition coefficient (Wildman–Crippen LogP) is 4.52. The zero-order valence-electron chi connectivity index (χ0n) is 12.3. The van der Waals surface area contributed by atoms with Crippen LogP contribution in [-0.4, -0.2) is 12.6 Å². The molecule has 0 aliphatic heterocycles. The normalized spacial score (nSPS) is 10.7. The Labute approximate surface area is 144 Å². The molecule has 0 saturated carbocycles. The molecule has 0 bridgehead atoms. The van der Waals surface area contributed by atoms with Crippen molar-refractivity contribution in [2.75, 3.05) is 12.3 Å². The minimum absolute atomic E-state index is 0.232. The Bertz CT molecular complexity index is 703. The minimum Gasteiger partial charge on any atom is -0.445 e. The topological polar surface area (TPSA) is 64.3 Å². The first-order valence-electron chi connectivity index (χ1n) is 6.92. The number of halogens is 2. The van der Waals surface area contributed by atoms with Gasteiger partial charge in [0.05, 0.1) is 15.7 Å². The fourth-order valence-electron chi connectivity index (χ4n) is 1.81. The number of nitrogens with two attached hydrogens (primary N) is 1. The van der Waals surface area contributed by atoms with Crippen molar-refractivity contribution in [1.29, 1.82) is 0 Å². The van der Waals surface area contributed by atoms with Crippen LogP contribution in [0.3, 0.4) is 0 Å². The highest BCUT2D eigenvalue weighted by Crippen LogP contribution is 2.31. The number of carbonyl (C=O) groups is 1. The van der Waals surface area contributed by atoms with E-state index in [1.54, 1.807) is 24.3 Å². The Morgan fingerprint density at radius 1 is 1.13 bits per heavy atom. The lowest BCUT2D eigenvalue weighted by Crippen LogP contribution is -2.24. The molecule has 6 heteroatoms. The third-order valence-corrected chi connectivity index (χ3v) is 3.93. The Kier molecular flexibility index (Phi) is 6.32. The smallest absolute Gasteiger partial charge is 0.407 e. The summed E-state index contributed by atoms with van der Waals surface area (Å²) in [6.07, 6.45) is 3.02. The molecule has 2 rings (SSSR count). The summed E-state index contributed by atoms with van der Waals surface area (Å²) in [7, 11) is 0. The van der Waals surface area contributed by atoms with Gasteiger partial charge in [0.15, 0.2) is 0 Å². The molecule has 23 heavy (non-hydrogen) atoms. The maximum absolute atomic E-state index is 11.6. The number of alkyl carbamates (subject to hydrolysis) is 1. The van der Waals surface area contributed by atoms with Crippen molar-refractivity contribution in [2.45, 2.75) is 6.61 Å². The number of rotatable bonds is 5. The first-order chi connectivity index (χ1) is 11.1. The second-order valence-electron chi connectivity index (χ2n) is 4.72. The standard InChI is InChI=1S/C17H16Cl2N2O2/c18-15-13(8-9-14(20)16(15)19)7-4-10-21-17(22)23-11-12-5-2-1-3-6-12/h1-9H,10-11,20H2,(H,21,22). The molecule has 0 radical (unpaired) electrons. The van der Waals surface area contributed by atoms with Crippen LogP contribution in [0.25, 0.3) is 6.08 Å². The van der Waals surface area contributed by atoms with E-state index in [0.29, 0.717) is 22.3 Å². The first-order valence-corrected chi connectivity index (χ1v) is 7.68. The summed E-state index contributed by atoms with van der Waals surface area (Å²) in [5.41, 5.74) is 7.74. The number of ether oxygens (including phenoxy) is 1. The minimum atomic E-state index is -0.486. The van der Waals surface area contributed by atoms with Crippen LogP contribution in [0.4, 0.5) is 10.5 Å². The number of nitrogens with one attached hydrogen (secondary N) is 1. The number of amides is 1. The molecule has 0 saturated heterocycles. The summed E-state index contributed by atoms with van der Waals surface area (Å²) < 4.78 is 5.09. The SMILES string of the molecule is Nc1ccc(C=CCNC(=O)OCc2ccccc2)c(Cl)c1Cl. The molecule has 2 aromatic rings. The summed E-state index contributed by atoms with van der Waals surface area (Å²) >= 11 is 12.0. The molecule has 0 aliphatic rings. The Morgan fingerprint density at radius 2 is 1.87 bits per heavy atom. The van der Waals surface area contributed by atoms with Crippen molar-refractivity contribution in [3.8, 4) is 0 Å². The first kappa shape index (κ1) is 17.2. The van der Waals surface area contributed by atoms with Crippen LogP contribution in [0.1, 0.15) is 11.1 Å². The van der Waals surface area contributed by atoms with Gasteiger partial charge in [0.2, 0.25) is 0 Å². The van der Waals surface area contributed by atoms with E-state index in [1.165, 1.54) is 0 Å². The van der Waals surface area contributed by atoms with Crippen molar-refractivity contribution < 1.29 is 9.53 Å². The van der Waals surface area contributed by atoms with Crippen LogP contribution in [0.15, 0.2) is 48.5 Å². The van der Waals surface area contributed by atoms with Crippen molar-refractivity contribution in [2.24, 2.45) is 0 Å². The molecule has 2 aromatic carbocycles. The molecule has 0 atom stereocenters. The highest BCUT2D eigenvalue weighted by atomic mass is 35.5. The lowest BCUT2D eigenvalue weighted by atomic mass is 10.2. The van der Waals surface area contributed by atoms with Gasteiger partial charge in [0.1, 0.15) is 6.61 Å². The number of carbonyl (C=O) groups excluding carboxylic acids is 1. The second-order valence-corrected chi connectivity index (χ2v) is 5.47. The van der Waals surface area contributed by atoms with Gasteiger partial charge in [0, 0.05) is 6.54 Å². The van der Waals surface area contributed by atoms with Crippen molar-refractivity contribution in [3.63, 3.8) is 0 Å². The number of anilines is 1.